The summed E-state index contributed by atoms with van der Waals surface area (Å²) in [6.45, 7) is 13.2. The first-order valence-corrected chi connectivity index (χ1v) is 21.0. The van der Waals surface area contributed by atoms with Crippen LogP contribution in [0.3, 0.4) is 0 Å². The first-order valence-electron chi connectivity index (χ1n) is 21.0. The summed E-state index contributed by atoms with van der Waals surface area (Å²) in [6, 6.07) is 67.2. The van der Waals surface area contributed by atoms with Gasteiger partial charge in [0.05, 0.1) is 5.41 Å². The van der Waals surface area contributed by atoms with Crippen molar-refractivity contribution in [3.8, 4) is 33.4 Å². The fourth-order valence-electron chi connectivity index (χ4n) is 10.2. The van der Waals surface area contributed by atoms with Crippen LogP contribution in [0.25, 0.3) is 44.5 Å². The van der Waals surface area contributed by atoms with Crippen molar-refractivity contribution < 1.29 is 0 Å². The minimum Gasteiger partial charge on any atom is -0.310 e. The second-order valence-electron chi connectivity index (χ2n) is 16.4. The van der Waals surface area contributed by atoms with E-state index in [0.29, 0.717) is 0 Å². The lowest BCUT2D eigenvalue weighted by Gasteiger charge is -2.34. The Hall–Kier alpha value is -7.22. The molecule has 0 aromatic heterocycles. The lowest BCUT2D eigenvalue weighted by molar-refractivity contribution is 0.838. The van der Waals surface area contributed by atoms with E-state index in [4.69, 9.17) is 0 Å². The third kappa shape index (κ3) is 5.92. The van der Waals surface area contributed by atoms with Gasteiger partial charge in [0.15, 0.2) is 0 Å². The molecule has 0 unspecified atom stereocenters. The van der Waals surface area contributed by atoms with Gasteiger partial charge in [0.1, 0.15) is 0 Å². The SMILES string of the molecule is C=C/C=C\C1=C(c2cccc(N(c3ccc(-c4ccccc4)cc3)c3ccc(-c4ccccc4)cc3)c2)C2(c3ccccc31)c1cc(C)cc(C)c1-c1c(C)cc(C)cc12. The van der Waals surface area contributed by atoms with Gasteiger partial charge in [-0.15, -0.1) is 0 Å². The van der Waals surface area contributed by atoms with Gasteiger partial charge in [-0.3, -0.25) is 0 Å². The maximum atomic E-state index is 4.12. The van der Waals surface area contributed by atoms with Gasteiger partial charge >= 0.3 is 0 Å². The average Bonchev–Trinajstić information content (AvgIpc) is 3.74. The van der Waals surface area contributed by atoms with Crippen molar-refractivity contribution in [3.63, 3.8) is 0 Å². The molecule has 1 nitrogen and oxygen atoms in total. The molecule has 1 heteroatoms. The number of allylic oxidation sites excluding steroid dienone is 5. The molecule has 0 bridgehead atoms. The fourth-order valence-corrected chi connectivity index (χ4v) is 10.2. The van der Waals surface area contributed by atoms with E-state index in [2.05, 4.69) is 233 Å². The Balaban J connectivity index is 1.22. The quantitative estimate of drug-likeness (QED) is 0.139. The van der Waals surface area contributed by atoms with Crippen molar-refractivity contribution in [3.05, 3.63) is 257 Å². The van der Waals surface area contributed by atoms with E-state index in [1.165, 1.54) is 94.6 Å². The second kappa shape index (κ2) is 14.9. The Morgan fingerprint density at radius 3 is 1.45 bits per heavy atom. The summed E-state index contributed by atoms with van der Waals surface area (Å²) in [5.74, 6) is 0. The van der Waals surface area contributed by atoms with Crippen LogP contribution in [0.2, 0.25) is 0 Å². The van der Waals surface area contributed by atoms with Gasteiger partial charge in [-0.1, -0.05) is 182 Å². The molecule has 0 radical (unpaired) electrons. The summed E-state index contributed by atoms with van der Waals surface area (Å²) in [5, 5.41) is 0. The van der Waals surface area contributed by atoms with Crippen molar-refractivity contribution in [1.29, 1.82) is 0 Å². The van der Waals surface area contributed by atoms with Crippen LogP contribution in [0, 0.1) is 27.7 Å². The zero-order valence-corrected chi connectivity index (χ0v) is 34.7. The summed E-state index contributed by atoms with van der Waals surface area (Å²) >= 11 is 0. The molecule has 0 heterocycles. The average molecular weight is 770 g/mol. The van der Waals surface area contributed by atoms with E-state index in [9.17, 15) is 0 Å². The highest BCUT2D eigenvalue weighted by atomic mass is 15.1. The van der Waals surface area contributed by atoms with Gasteiger partial charge in [-0.05, 0) is 148 Å². The molecule has 0 saturated heterocycles. The highest BCUT2D eigenvalue weighted by Crippen LogP contribution is 2.66. The van der Waals surface area contributed by atoms with Gasteiger partial charge in [-0.25, -0.2) is 0 Å². The van der Waals surface area contributed by atoms with Crippen LogP contribution < -0.4 is 4.90 Å². The molecule has 0 fully saturated rings. The first-order chi connectivity index (χ1) is 29.4. The maximum Gasteiger partial charge on any atom is 0.0731 e. The molecule has 2 aliphatic carbocycles. The number of benzene rings is 8. The topological polar surface area (TPSA) is 3.24 Å². The standard InChI is InChI=1S/C59H47N/c1-6-7-23-52-51-24-14-15-25-53(51)59(54-36-39(2)34-41(4)56(54)57-42(5)35-40(3)37-55(57)59)58(52)47-21-16-22-50(38-47)60(48-30-26-45(27-31-48)43-17-10-8-11-18-43)49-32-28-46(29-33-49)44-19-12-9-13-20-44/h6-38H,1H2,2-5H3/b23-7-. The van der Waals surface area contributed by atoms with Crippen LogP contribution in [0.1, 0.15) is 50.1 Å². The highest BCUT2D eigenvalue weighted by molar-refractivity contribution is 6.13. The predicted molar refractivity (Wildman–Crippen MR) is 255 cm³/mol. The Kier molecular flexibility index (Phi) is 9.18. The van der Waals surface area contributed by atoms with Gasteiger partial charge in [0.2, 0.25) is 0 Å². The molecule has 0 aliphatic heterocycles. The Bertz CT molecular complexity index is 2860. The predicted octanol–water partition coefficient (Wildman–Crippen LogP) is 15.7. The lowest BCUT2D eigenvalue weighted by Crippen LogP contribution is -2.27. The van der Waals surface area contributed by atoms with E-state index in [0.717, 1.165) is 17.1 Å². The Morgan fingerprint density at radius 2 is 0.917 bits per heavy atom. The number of hydrogen-bond acceptors (Lipinski definition) is 1. The van der Waals surface area contributed by atoms with Crippen molar-refractivity contribution in [2.24, 2.45) is 0 Å². The number of nitrogens with zero attached hydrogens (tertiary/aromatic N) is 1. The monoisotopic (exact) mass is 769 g/mol. The lowest BCUT2D eigenvalue weighted by atomic mass is 9.67. The van der Waals surface area contributed by atoms with Crippen molar-refractivity contribution >= 4 is 28.2 Å². The normalized spacial score (nSPS) is 13.4. The summed E-state index contributed by atoms with van der Waals surface area (Å²) in [7, 11) is 0. The number of aryl methyl sites for hydroxylation is 4. The molecule has 10 rings (SSSR count). The third-order valence-electron chi connectivity index (χ3n) is 12.5. The van der Waals surface area contributed by atoms with Crippen molar-refractivity contribution in [2.45, 2.75) is 33.1 Å². The molecule has 0 amide bonds. The van der Waals surface area contributed by atoms with Gasteiger partial charge in [0.25, 0.3) is 0 Å². The minimum absolute atomic E-state index is 0.534. The molecule has 8 aromatic carbocycles. The molecule has 0 N–H and O–H groups in total. The van der Waals surface area contributed by atoms with Gasteiger partial charge in [0, 0.05) is 17.1 Å². The number of anilines is 3. The Morgan fingerprint density at radius 1 is 0.433 bits per heavy atom. The van der Waals surface area contributed by atoms with Crippen LogP contribution in [0.5, 0.6) is 0 Å². The van der Waals surface area contributed by atoms with Crippen LogP contribution >= 0.6 is 0 Å². The molecular weight excluding hydrogens is 723 g/mol. The molecule has 1 spiro atoms. The largest absolute Gasteiger partial charge is 0.310 e. The van der Waals surface area contributed by atoms with E-state index in [1.54, 1.807) is 0 Å². The smallest absolute Gasteiger partial charge is 0.0731 e. The maximum absolute atomic E-state index is 4.12. The van der Waals surface area contributed by atoms with E-state index >= 15 is 0 Å². The van der Waals surface area contributed by atoms with Crippen LogP contribution in [0.15, 0.2) is 207 Å². The molecule has 0 atom stereocenters. The van der Waals surface area contributed by atoms with Crippen molar-refractivity contribution in [2.75, 3.05) is 4.90 Å². The van der Waals surface area contributed by atoms with Gasteiger partial charge < -0.3 is 4.90 Å². The molecular formula is C59H47N. The molecule has 60 heavy (non-hydrogen) atoms. The van der Waals surface area contributed by atoms with Gasteiger partial charge in [-0.2, -0.15) is 0 Å². The summed E-state index contributed by atoms with van der Waals surface area (Å²) in [4.78, 5) is 2.40. The highest BCUT2D eigenvalue weighted by Gasteiger charge is 2.54. The van der Waals surface area contributed by atoms with Crippen LogP contribution in [-0.2, 0) is 5.41 Å². The van der Waals surface area contributed by atoms with Crippen molar-refractivity contribution in [1.82, 2.24) is 0 Å². The zero-order chi connectivity index (χ0) is 41.0. The number of fused-ring (bicyclic) bond motifs is 7. The number of hydrogen-bond donors (Lipinski definition) is 0. The first kappa shape index (κ1) is 37.1. The van der Waals surface area contributed by atoms with E-state index < -0.39 is 5.41 Å². The Labute approximate surface area is 355 Å². The van der Waals surface area contributed by atoms with E-state index in [-0.39, 0.29) is 0 Å². The van der Waals surface area contributed by atoms with E-state index in [1.807, 2.05) is 6.08 Å². The minimum atomic E-state index is -0.534. The third-order valence-corrected chi connectivity index (χ3v) is 12.5. The number of rotatable bonds is 8. The summed E-state index contributed by atoms with van der Waals surface area (Å²) < 4.78 is 0. The molecule has 2 aliphatic rings. The second-order valence-corrected chi connectivity index (χ2v) is 16.4. The summed E-state index contributed by atoms with van der Waals surface area (Å²) in [5.41, 5.74) is 24.5. The molecule has 0 saturated carbocycles. The zero-order valence-electron chi connectivity index (χ0n) is 34.7. The molecule has 8 aromatic rings. The van der Waals surface area contributed by atoms with Crippen LogP contribution in [-0.4, -0.2) is 0 Å². The fraction of sp³-hybridized carbons (Fsp3) is 0.0847. The summed E-state index contributed by atoms with van der Waals surface area (Å²) in [6.07, 6.45) is 6.28. The van der Waals surface area contributed by atoms with Crippen LogP contribution in [0.4, 0.5) is 17.1 Å². The molecule has 288 valence electrons.